The smallest absolute Gasteiger partial charge is 0.257 e. The fraction of sp³-hybridized carbons (Fsp3) is 0. The predicted octanol–water partition coefficient (Wildman–Crippen LogP) is 2.59. The molecule has 1 aromatic heterocycles. The monoisotopic (exact) mass is 255 g/mol. The molecule has 82 valence electrons. The van der Waals surface area contributed by atoms with Crippen molar-refractivity contribution in [2.24, 2.45) is 0 Å². The molecule has 1 aromatic carbocycles. The molecule has 4 nitrogen and oxygen atoms in total. The van der Waals surface area contributed by atoms with Gasteiger partial charge in [-0.2, -0.15) is 0 Å². The molecule has 0 saturated heterocycles. The van der Waals surface area contributed by atoms with E-state index >= 15 is 0 Å². The quantitative estimate of drug-likeness (QED) is 0.811. The van der Waals surface area contributed by atoms with Crippen molar-refractivity contribution in [3.05, 3.63) is 39.6 Å². The number of carbonyl (C=O) groups excluding carboxylic acids is 1. The minimum Gasteiger partial charge on any atom is -0.296 e. The van der Waals surface area contributed by atoms with Gasteiger partial charge in [-0.05, 0) is 30.4 Å². The molecule has 2 rings (SSSR count). The number of aromatic amines is 1. The standard InChI is InChI=1S/C9H6FN3OS2/c10-6-3-1-2-5(4-6)7(14)11-8-12-13-9(15)16-8/h1-4H,(H,13,15)(H,11,12,14). The first-order valence-corrected chi connectivity index (χ1v) is 5.50. The Morgan fingerprint density at radius 3 is 3.00 bits per heavy atom. The molecule has 7 heteroatoms. The SMILES string of the molecule is O=C(Nc1n[nH]c(=S)s1)c1cccc(F)c1. The number of hydrogen-bond donors (Lipinski definition) is 2. The molecule has 0 unspecified atom stereocenters. The molecule has 0 aliphatic carbocycles. The molecular formula is C9H6FN3OS2. The molecule has 0 aliphatic rings. The lowest BCUT2D eigenvalue weighted by atomic mass is 10.2. The van der Waals surface area contributed by atoms with Gasteiger partial charge in [-0.15, -0.1) is 5.10 Å². The van der Waals surface area contributed by atoms with Crippen molar-refractivity contribution in [3.63, 3.8) is 0 Å². The van der Waals surface area contributed by atoms with Crippen molar-refractivity contribution in [2.75, 3.05) is 5.32 Å². The normalized spacial score (nSPS) is 10.1. The number of nitrogens with one attached hydrogen (secondary N) is 2. The molecule has 0 atom stereocenters. The van der Waals surface area contributed by atoms with E-state index in [1.807, 2.05) is 0 Å². The molecule has 1 heterocycles. The van der Waals surface area contributed by atoms with Gasteiger partial charge in [-0.3, -0.25) is 15.2 Å². The highest BCUT2D eigenvalue weighted by Gasteiger charge is 2.08. The van der Waals surface area contributed by atoms with Gasteiger partial charge in [0.2, 0.25) is 5.13 Å². The van der Waals surface area contributed by atoms with Crippen LogP contribution in [0.5, 0.6) is 0 Å². The molecule has 0 aliphatic heterocycles. The van der Waals surface area contributed by atoms with Gasteiger partial charge in [0.1, 0.15) is 5.82 Å². The Morgan fingerprint density at radius 2 is 2.38 bits per heavy atom. The summed E-state index contributed by atoms with van der Waals surface area (Å²) in [5.74, 6) is -0.875. The van der Waals surface area contributed by atoms with Gasteiger partial charge < -0.3 is 0 Å². The fourth-order valence-corrected chi connectivity index (χ4v) is 1.87. The summed E-state index contributed by atoms with van der Waals surface area (Å²) >= 11 is 5.95. The highest BCUT2D eigenvalue weighted by molar-refractivity contribution is 7.73. The van der Waals surface area contributed by atoms with E-state index in [2.05, 4.69) is 15.5 Å². The minimum absolute atomic E-state index is 0.237. The molecule has 0 spiro atoms. The molecule has 0 radical (unpaired) electrons. The number of benzene rings is 1. The number of H-pyrrole nitrogens is 1. The zero-order chi connectivity index (χ0) is 11.5. The van der Waals surface area contributed by atoms with Crippen LogP contribution < -0.4 is 5.32 Å². The molecule has 2 aromatic rings. The van der Waals surface area contributed by atoms with Crippen LogP contribution in [0.2, 0.25) is 0 Å². The summed E-state index contributed by atoms with van der Waals surface area (Å²) in [5.41, 5.74) is 0.237. The number of nitrogens with zero attached hydrogens (tertiary/aromatic N) is 1. The highest BCUT2D eigenvalue weighted by Crippen LogP contribution is 2.13. The van der Waals surface area contributed by atoms with E-state index in [-0.39, 0.29) is 5.56 Å². The summed E-state index contributed by atoms with van der Waals surface area (Å²) in [5, 5.41) is 9.17. The van der Waals surface area contributed by atoms with Crippen molar-refractivity contribution in [2.45, 2.75) is 0 Å². The molecule has 0 saturated carbocycles. The first-order valence-electron chi connectivity index (χ1n) is 4.27. The summed E-state index contributed by atoms with van der Waals surface area (Å²) in [4.78, 5) is 11.6. The third kappa shape index (κ3) is 2.50. The van der Waals surface area contributed by atoms with Gasteiger partial charge in [-0.1, -0.05) is 17.4 Å². The largest absolute Gasteiger partial charge is 0.296 e. The summed E-state index contributed by atoms with van der Waals surface area (Å²) in [6.45, 7) is 0. The van der Waals surface area contributed by atoms with Crippen LogP contribution in [-0.4, -0.2) is 16.1 Å². The van der Waals surface area contributed by atoms with Gasteiger partial charge in [0.05, 0.1) is 0 Å². The molecule has 0 bridgehead atoms. The van der Waals surface area contributed by atoms with E-state index in [4.69, 9.17) is 12.2 Å². The first kappa shape index (κ1) is 10.9. The minimum atomic E-state index is -0.456. The molecular weight excluding hydrogens is 249 g/mol. The van der Waals surface area contributed by atoms with Crippen LogP contribution in [0.15, 0.2) is 24.3 Å². The van der Waals surface area contributed by atoms with Gasteiger partial charge in [0.15, 0.2) is 3.95 Å². The third-order valence-corrected chi connectivity index (χ3v) is 2.75. The second-order valence-electron chi connectivity index (χ2n) is 2.88. The second-order valence-corrected chi connectivity index (χ2v) is 4.55. The summed E-state index contributed by atoms with van der Waals surface area (Å²) < 4.78 is 13.3. The van der Waals surface area contributed by atoms with Gasteiger partial charge in [0.25, 0.3) is 5.91 Å². The van der Waals surface area contributed by atoms with E-state index < -0.39 is 11.7 Å². The first-order chi connectivity index (χ1) is 7.65. The van der Waals surface area contributed by atoms with Gasteiger partial charge in [0, 0.05) is 5.56 Å². The second kappa shape index (κ2) is 4.50. The topological polar surface area (TPSA) is 57.8 Å². The maximum absolute atomic E-state index is 12.9. The predicted molar refractivity (Wildman–Crippen MR) is 61.7 cm³/mol. The van der Waals surface area contributed by atoms with E-state index in [0.717, 1.165) is 17.4 Å². The fourth-order valence-electron chi connectivity index (χ4n) is 1.08. The van der Waals surface area contributed by atoms with Crippen molar-refractivity contribution in [3.8, 4) is 0 Å². The maximum Gasteiger partial charge on any atom is 0.257 e. The van der Waals surface area contributed by atoms with E-state index in [9.17, 15) is 9.18 Å². The Kier molecular flexibility index (Phi) is 3.07. The van der Waals surface area contributed by atoms with Crippen molar-refractivity contribution >= 4 is 34.6 Å². The Hall–Kier alpha value is -1.60. The lowest BCUT2D eigenvalue weighted by Crippen LogP contribution is -2.11. The van der Waals surface area contributed by atoms with Crippen LogP contribution in [0.4, 0.5) is 9.52 Å². The van der Waals surface area contributed by atoms with E-state index in [0.29, 0.717) is 9.09 Å². The number of anilines is 1. The Labute approximate surface area is 99.1 Å². The summed E-state index contributed by atoms with van der Waals surface area (Å²) in [7, 11) is 0. The summed E-state index contributed by atoms with van der Waals surface area (Å²) in [6.07, 6.45) is 0. The number of halogens is 1. The number of carbonyl (C=O) groups is 1. The van der Waals surface area contributed by atoms with E-state index in [1.54, 1.807) is 0 Å². The van der Waals surface area contributed by atoms with Crippen molar-refractivity contribution < 1.29 is 9.18 Å². The van der Waals surface area contributed by atoms with Crippen LogP contribution in [-0.2, 0) is 0 Å². The van der Waals surface area contributed by atoms with Crippen LogP contribution in [0.1, 0.15) is 10.4 Å². The Balaban J connectivity index is 2.17. The Bertz CT molecular complexity index is 578. The van der Waals surface area contributed by atoms with Crippen molar-refractivity contribution in [1.82, 2.24) is 10.2 Å². The average molecular weight is 255 g/mol. The zero-order valence-electron chi connectivity index (χ0n) is 7.86. The van der Waals surface area contributed by atoms with Crippen LogP contribution in [0.25, 0.3) is 0 Å². The third-order valence-electron chi connectivity index (χ3n) is 1.75. The zero-order valence-corrected chi connectivity index (χ0v) is 9.49. The van der Waals surface area contributed by atoms with Gasteiger partial charge in [-0.25, -0.2) is 4.39 Å². The maximum atomic E-state index is 12.9. The highest BCUT2D eigenvalue weighted by atomic mass is 32.1. The summed E-state index contributed by atoms with van der Waals surface area (Å²) in [6, 6.07) is 5.41. The molecule has 1 amide bonds. The van der Waals surface area contributed by atoms with Crippen molar-refractivity contribution in [1.29, 1.82) is 0 Å². The van der Waals surface area contributed by atoms with Gasteiger partial charge >= 0.3 is 0 Å². The molecule has 16 heavy (non-hydrogen) atoms. The van der Waals surface area contributed by atoms with Crippen LogP contribution in [0, 0.1) is 9.77 Å². The number of aromatic nitrogens is 2. The number of rotatable bonds is 2. The van der Waals surface area contributed by atoms with E-state index in [1.165, 1.54) is 18.2 Å². The average Bonchev–Trinajstić information content (AvgIpc) is 2.64. The number of amides is 1. The lowest BCUT2D eigenvalue weighted by Gasteiger charge is -2.00. The lowest BCUT2D eigenvalue weighted by molar-refractivity contribution is 0.102. The number of hydrogen-bond acceptors (Lipinski definition) is 4. The Morgan fingerprint density at radius 1 is 1.56 bits per heavy atom. The molecule has 2 N–H and O–H groups in total. The van der Waals surface area contributed by atoms with Crippen LogP contribution >= 0.6 is 23.6 Å². The molecule has 0 fully saturated rings. The van der Waals surface area contributed by atoms with Crippen LogP contribution in [0.3, 0.4) is 0 Å².